The molecule has 54 heavy (non-hydrogen) atoms. The minimum atomic E-state index is -1.41. The van der Waals surface area contributed by atoms with Crippen LogP contribution in [-0.4, -0.2) is 94.9 Å². The highest BCUT2D eigenvalue weighted by molar-refractivity contribution is 5.94. The number of hydrogen-bond acceptors (Lipinski definition) is 16. The first-order chi connectivity index (χ1) is 25.9. The molecule has 0 unspecified atom stereocenters. The van der Waals surface area contributed by atoms with Gasteiger partial charge in [-0.1, -0.05) is 48.5 Å². The number of aromatic hydroxyl groups is 4. The van der Waals surface area contributed by atoms with Gasteiger partial charge in [0.25, 0.3) is 0 Å². The van der Waals surface area contributed by atoms with Crippen molar-refractivity contribution >= 4 is 35.8 Å². The summed E-state index contributed by atoms with van der Waals surface area (Å²) in [4.78, 5) is 75.8. The van der Waals surface area contributed by atoms with Gasteiger partial charge >= 0.3 is 35.8 Å². The van der Waals surface area contributed by atoms with Crippen molar-refractivity contribution < 1.29 is 77.6 Å². The lowest BCUT2D eigenvalue weighted by Crippen LogP contribution is -2.32. The SMILES string of the molecule is O=C(CCC(=O)OC(COC(=O)c1ccccc1O)COC(=O)c1ccccc1O)OC(COC(=O)c1ccccc1O)COC(=O)c1ccccc1O. The van der Waals surface area contributed by atoms with E-state index in [1.165, 1.54) is 97.1 Å². The van der Waals surface area contributed by atoms with Crippen molar-refractivity contribution in [3.8, 4) is 23.0 Å². The largest absolute Gasteiger partial charge is 0.507 e. The third-order valence-corrected chi connectivity index (χ3v) is 7.23. The monoisotopic (exact) mass is 746 g/mol. The minimum absolute atomic E-state index is 0.191. The summed E-state index contributed by atoms with van der Waals surface area (Å²) in [5.74, 6) is -7.49. The van der Waals surface area contributed by atoms with E-state index in [-0.39, 0.29) is 45.3 Å². The summed E-state index contributed by atoms with van der Waals surface area (Å²) < 4.78 is 31.3. The number of phenolic OH excluding ortho intramolecular Hbond substituents is 4. The average Bonchev–Trinajstić information content (AvgIpc) is 3.16. The van der Waals surface area contributed by atoms with Gasteiger partial charge in [0.1, 0.15) is 71.7 Å². The smallest absolute Gasteiger partial charge is 0.342 e. The third-order valence-electron chi connectivity index (χ3n) is 7.23. The fourth-order valence-electron chi connectivity index (χ4n) is 4.50. The molecule has 0 aliphatic heterocycles. The Morgan fingerprint density at radius 2 is 0.611 bits per heavy atom. The van der Waals surface area contributed by atoms with Crippen LogP contribution in [0.4, 0.5) is 0 Å². The standard InChI is InChI=1S/C38H34O16/c39-29-13-5-1-9-25(29)35(45)49-19-23(20-50-36(46)26-10-2-6-14-30(26)40)53-33(43)17-18-34(44)54-24(21-51-37(47)27-11-3-7-15-31(27)41)22-52-38(48)28-12-4-8-16-32(28)42/h1-16,23-24,39-42H,17-22H2. The zero-order chi connectivity index (χ0) is 39.0. The lowest BCUT2D eigenvalue weighted by atomic mass is 10.2. The van der Waals surface area contributed by atoms with Gasteiger partial charge < -0.3 is 48.8 Å². The van der Waals surface area contributed by atoms with Crippen LogP contribution in [0.2, 0.25) is 0 Å². The molecule has 4 rings (SSSR count). The van der Waals surface area contributed by atoms with Crippen molar-refractivity contribution in [2.24, 2.45) is 0 Å². The lowest BCUT2D eigenvalue weighted by molar-refractivity contribution is -0.160. The predicted octanol–water partition coefficient (Wildman–Crippen LogP) is 3.84. The highest BCUT2D eigenvalue weighted by Gasteiger charge is 2.25. The molecule has 0 amide bonds. The topological polar surface area (TPSA) is 239 Å². The van der Waals surface area contributed by atoms with Gasteiger partial charge in [0, 0.05) is 0 Å². The molecule has 0 bridgehead atoms. The zero-order valence-corrected chi connectivity index (χ0v) is 28.3. The van der Waals surface area contributed by atoms with Gasteiger partial charge in [0.05, 0.1) is 12.8 Å². The minimum Gasteiger partial charge on any atom is -0.507 e. The number of hydrogen-bond donors (Lipinski definition) is 4. The summed E-state index contributed by atoms with van der Waals surface area (Å²) in [6.45, 7) is -2.59. The van der Waals surface area contributed by atoms with Gasteiger partial charge in [-0.15, -0.1) is 0 Å². The van der Waals surface area contributed by atoms with Gasteiger partial charge in [0.2, 0.25) is 0 Å². The van der Waals surface area contributed by atoms with Crippen LogP contribution in [0.1, 0.15) is 54.3 Å². The van der Waals surface area contributed by atoms with Crippen LogP contribution in [0.3, 0.4) is 0 Å². The Morgan fingerprint density at radius 1 is 0.389 bits per heavy atom. The van der Waals surface area contributed by atoms with Gasteiger partial charge in [-0.2, -0.15) is 0 Å². The molecular formula is C38H34O16. The lowest BCUT2D eigenvalue weighted by Gasteiger charge is -2.19. The fourth-order valence-corrected chi connectivity index (χ4v) is 4.50. The van der Waals surface area contributed by atoms with Crippen LogP contribution in [0.5, 0.6) is 23.0 Å². The molecule has 0 aromatic heterocycles. The summed E-state index contributed by atoms with van der Waals surface area (Å²) in [7, 11) is 0. The first kappa shape index (κ1) is 39.7. The van der Waals surface area contributed by atoms with E-state index in [1.54, 1.807) is 0 Å². The number of carbonyl (C=O) groups excluding carboxylic acids is 6. The maximum atomic E-state index is 12.8. The highest BCUT2D eigenvalue weighted by Crippen LogP contribution is 2.21. The van der Waals surface area contributed by atoms with E-state index in [2.05, 4.69) is 0 Å². The molecule has 0 radical (unpaired) electrons. The van der Waals surface area contributed by atoms with E-state index in [0.29, 0.717) is 0 Å². The van der Waals surface area contributed by atoms with Crippen molar-refractivity contribution in [2.45, 2.75) is 25.0 Å². The number of esters is 6. The fraction of sp³-hybridized carbons (Fsp3) is 0.211. The van der Waals surface area contributed by atoms with Crippen LogP contribution in [0, 0.1) is 0 Å². The first-order valence-corrected chi connectivity index (χ1v) is 16.1. The number of para-hydroxylation sites is 4. The maximum Gasteiger partial charge on any atom is 0.342 e. The molecule has 4 N–H and O–H groups in total. The maximum absolute atomic E-state index is 12.8. The molecule has 0 saturated carbocycles. The summed E-state index contributed by atoms with van der Waals surface area (Å²) in [6.07, 6.45) is -4.04. The Balaban J connectivity index is 1.37. The summed E-state index contributed by atoms with van der Waals surface area (Å²) >= 11 is 0. The molecule has 0 atom stereocenters. The van der Waals surface area contributed by atoms with Crippen molar-refractivity contribution in [1.29, 1.82) is 0 Å². The molecule has 0 aliphatic carbocycles. The molecule has 0 spiro atoms. The number of ether oxygens (including phenoxy) is 6. The molecule has 16 heteroatoms. The Hall–Kier alpha value is -7.10. The van der Waals surface area contributed by atoms with Crippen molar-refractivity contribution in [1.82, 2.24) is 0 Å². The van der Waals surface area contributed by atoms with E-state index in [9.17, 15) is 49.2 Å². The van der Waals surface area contributed by atoms with Crippen LogP contribution < -0.4 is 0 Å². The van der Waals surface area contributed by atoms with Gasteiger partial charge in [-0.3, -0.25) is 9.59 Å². The number of phenols is 4. The van der Waals surface area contributed by atoms with E-state index in [1.807, 2.05) is 0 Å². The van der Waals surface area contributed by atoms with Crippen LogP contribution in [0.25, 0.3) is 0 Å². The number of rotatable bonds is 17. The number of benzene rings is 4. The van der Waals surface area contributed by atoms with Crippen LogP contribution in [0.15, 0.2) is 97.1 Å². The Labute approximate surface area is 307 Å². The molecule has 0 aliphatic rings. The van der Waals surface area contributed by atoms with Gasteiger partial charge in [0.15, 0.2) is 12.2 Å². The van der Waals surface area contributed by atoms with E-state index < -0.39 is 87.3 Å². The zero-order valence-electron chi connectivity index (χ0n) is 28.3. The molecule has 0 heterocycles. The molecule has 4 aromatic carbocycles. The first-order valence-electron chi connectivity index (χ1n) is 16.1. The summed E-state index contributed by atoms with van der Waals surface area (Å²) in [5, 5.41) is 39.8. The molecule has 0 fully saturated rings. The highest BCUT2D eigenvalue weighted by atomic mass is 16.6. The van der Waals surface area contributed by atoms with E-state index in [4.69, 9.17) is 28.4 Å². The van der Waals surface area contributed by atoms with Crippen molar-refractivity contribution in [3.05, 3.63) is 119 Å². The quantitative estimate of drug-likeness (QED) is 0.0887. The van der Waals surface area contributed by atoms with E-state index in [0.717, 1.165) is 0 Å². The van der Waals surface area contributed by atoms with E-state index >= 15 is 0 Å². The van der Waals surface area contributed by atoms with Gasteiger partial charge in [-0.25, -0.2) is 19.2 Å². The Morgan fingerprint density at radius 3 is 0.833 bits per heavy atom. The van der Waals surface area contributed by atoms with Crippen LogP contribution >= 0.6 is 0 Å². The summed E-state index contributed by atoms with van der Waals surface area (Å²) in [5.41, 5.74) is -0.765. The average molecular weight is 747 g/mol. The predicted molar refractivity (Wildman–Crippen MR) is 183 cm³/mol. The molecule has 282 valence electrons. The second-order valence-electron chi connectivity index (χ2n) is 11.2. The van der Waals surface area contributed by atoms with Gasteiger partial charge in [-0.05, 0) is 48.5 Å². The second-order valence-corrected chi connectivity index (χ2v) is 11.2. The number of carbonyl (C=O) groups is 6. The molecule has 0 saturated heterocycles. The second kappa shape index (κ2) is 19.5. The van der Waals surface area contributed by atoms with Crippen molar-refractivity contribution in [3.63, 3.8) is 0 Å². The summed E-state index contributed by atoms with van der Waals surface area (Å²) in [6, 6.07) is 22.0. The Kier molecular flexibility index (Phi) is 14.3. The van der Waals surface area contributed by atoms with Crippen molar-refractivity contribution in [2.75, 3.05) is 26.4 Å². The van der Waals surface area contributed by atoms with Crippen LogP contribution in [-0.2, 0) is 38.0 Å². The Bertz CT molecular complexity index is 1710. The normalized spacial score (nSPS) is 10.6. The molecule has 4 aromatic rings. The molecular weight excluding hydrogens is 712 g/mol. The third kappa shape index (κ3) is 11.7. The molecule has 16 nitrogen and oxygen atoms in total.